The molecule has 24 heavy (non-hydrogen) atoms. The monoisotopic (exact) mass is 322 g/mol. The van der Waals surface area contributed by atoms with Crippen molar-refractivity contribution in [2.45, 2.75) is 13.3 Å². The predicted octanol–water partition coefficient (Wildman–Crippen LogP) is 3.84. The second-order valence-electron chi connectivity index (χ2n) is 5.51. The largest absolute Gasteiger partial charge is 0.497 e. The Bertz CT molecular complexity index is 838. The van der Waals surface area contributed by atoms with Gasteiger partial charge >= 0.3 is 0 Å². The number of amides is 1. The van der Waals surface area contributed by atoms with Crippen molar-refractivity contribution < 1.29 is 14.1 Å². The molecule has 0 aliphatic heterocycles. The summed E-state index contributed by atoms with van der Waals surface area (Å²) in [6, 6.07) is 16.9. The zero-order valence-corrected chi connectivity index (χ0v) is 13.6. The molecule has 0 aliphatic carbocycles. The summed E-state index contributed by atoms with van der Waals surface area (Å²) < 4.78 is 10.5. The van der Waals surface area contributed by atoms with Crippen molar-refractivity contribution in [3.8, 4) is 17.1 Å². The van der Waals surface area contributed by atoms with E-state index in [1.807, 2.05) is 55.5 Å². The summed E-state index contributed by atoms with van der Waals surface area (Å²) in [4.78, 5) is 12.1. The number of nitrogens with one attached hydrogen (secondary N) is 1. The van der Waals surface area contributed by atoms with Crippen LogP contribution in [-0.2, 0) is 11.2 Å². The van der Waals surface area contributed by atoms with E-state index in [1.54, 1.807) is 13.2 Å². The Morgan fingerprint density at radius 2 is 1.96 bits per heavy atom. The third-order valence-corrected chi connectivity index (χ3v) is 3.59. The minimum atomic E-state index is -0.135. The number of nitrogens with zero attached hydrogens (tertiary/aromatic N) is 1. The maximum Gasteiger partial charge on any atom is 0.230 e. The molecular weight excluding hydrogens is 304 g/mol. The molecular formula is C19H18N2O3. The van der Waals surface area contributed by atoms with Crippen molar-refractivity contribution in [1.29, 1.82) is 0 Å². The van der Waals surface area contributed by atoms with E-state index in [4.69, 9.17) is 9.26 Å². The van der Waals surface area contributed by atoms with Crippen molar-refractivity contribution in [2.75, 3.05) is 12.4 Å². The Morgan fingerprint density at radius 3 is 2.71 bits per heavy atom. The number of aryl methyl sites for hydroxylation is 1. The van der Waals surface area contributed by atoms with E-state index in [2.05, 4.69) is 10.5 Å². The number of rotatable bonds is 5. The van der Waals surface area contributed by atoms with Gasteiger partial charge in [0.25, 0.3) is 0 Å². The number of benzene rings is 2. The molecule has 5 heteroatoms. The first-order valence-electron chi connectivity index (χ1n) is 7.60. The molecule has 3 aromatic rings. The van der Waals surface area contributed by atoms with Crippen LogP contribution in [-0.4, -0.2) is 18.2 Å². The van der Waals surface area contributed by atoms with Crippen LogP contribution in [0, 0.1) is 6.92 Å². The third kappa shape index (κ3) is 3.81. The summed E-state index contributed by atoms with van der Waals surface area (Å²) in [6.45, 7) is 2.00. The van der Waals surface area contributed by atoms with Crippen LogP contribution in [0.25, 0.3) is 11.3 Å². The number of anilines is 1. The van der Waals surface area contributed by atoms with Gasteiger partial charge in [-0.15, -0.1) is 0 Å². The van der Waals surface area contributed by atoms with E-state index in [-0.39, 0.29) is 12.3 Å². The Kier molecular flexibility index (Phi) is 4.61. The fourth-order valence-corrected chi connectivity index (χ4v) is 2.31. The van der Waals surface area contributed by atoms with Crippen molar-refractivity contribution in [2.24, 2.45) is 0 Å². The predicted molar refractivity (Wildman–Crippen MR) is 92.0 cm³/mol. The molecule has 1 heterocycles. The Balaban J connectivity index is 1.67. The van der Waals surface area contributed by atoms with Crippen molar-refractivity contribution in [3.63, 3.8) is 0 Å². The summed E-state index contributed by atoms with van der Waals surface area (Å²) >= 11 is 0. The third-order valence-electron chi connectivity index (χ3n) is 3.59. The standard InChI is InChI=1S/C19H18N2O3/c1-13-6-8-15(9-7-13)20-19(22)12-16-11-18(24-21-16)14-4-3-5-17(10-14)23-2/h3-11H,12H2,1-2H3,(H,20,22). The molecule has 0 fully saturated rings. The molecule has 1 amide bonds. The molecule has 5 nitrogen and oxygen atoms in total. The summed E-state index contributed by atoms with van der Waals surface area (Å²) in [5.41, 5.74) is 3.35. The first-order valence-corrected chi connectivity index (χ1v) is 7.60. The Labute approximate surface area is 140 Å². The van der Waals surface area contributed by atoms with Gasteiger partial charge in [0, 0.05) is 17.3 Å². The lowest BCUT2D eigenvalue weighted by Gasteiger charge is -2.03. The lowest BCUT2D eigenvalue weighted by Crippen LogP contribution is -2.14. The number of hydrogen-bond donors (Lipinski definition) is 1. The van der Waals surface area contributed by atoms with Gasteiger partial charge in [-0.1, -0.05) is 35.0 Å². The number of ether oxygens (including phenoxy) is 1. The second-order valence-corrected chi connectivity index (χ2v) is 5.51. The maximum absolute atomic E-state index is 12.1. The quantitative estimate of drug-likeness (QED) is 0.775. The van der Waals surface area contributed by atoms with E-state index >= 15 is 0 Å². The molecule has 0 unspecified atom stereocenters. The van der Waals surface area contributed by atoms with Crippen molar-refractivity contribution in [3.05, 3.63) is 65.9 Å². The second kappa shape index (κ2) is 7.00. The first kappa shape index (κ1) is 15.8. The van der Waals surface area contributed by atoms with E-state index in [0.29, 0.717) is 11.5 Å². The topological polar surface area (TPSA) is 64.4 Å². The van der Waals surface area contributed by atoms with Crippen LogP contribution < -0.4 is 10.1 Å². The molecule has 122 valence electrons. The van der Waals surface area contributed by atoms with Crippen molar-refractivity contribution in [1.82, 2.24) is 5.16 Å². The Morgan fingerprint density at radius 1 is 1.17 bits per heavy atom. The van der Waals surface area contributed by atoms with E-state index < -0.39 is 0 Å². The highest BCUT2D eigenvalue weighted by molar-refractivity contribution is 5.92. The van der Waals surface area contributed by atoms with Gasteiger partial charge in [0.05, 0.1) is 19.2 Å². The summed E-state index contributed by atoms with van der Waals surface area (Å²) in [5, 5.41) is 6.81. The zero-order valence-electron chi connectivity index (χ0n) is 13.6. The first-order chi connectivity index (χ1) is 11.6. The molecule has 0 atom stereocenters. The molecule has 3 rings (SSSR count). The average molecular weight is 322 g/mol. The number of aromatic nitrogens is 1. The van der Waals surface area contributed by atoms with Crippen LogP contribution in [0.15, 0.2) is 59.1 Å². The molecule has 0 saturated heterocycles. The van der Waals surface area contributed by atoms with Gasteiger partial charge in [0.15, 0.2) is 5.76 Å². The smallest absolute Gasteiger partial charge is 0.230 e. The van der Waals surface area contributed by atoms with E-state index in [1.165, 1.54) is 0 Å². The van der Waals surface area contributed by atoms with Crippen LogP contribution in [0.3, 0.4) is 0 Å². The molecule has 1 N–H and O–H groups in total. The molecule has 0 aliphatic rings. The molecule has 0 saturated carbocycles. The van der Waals surface area contributed by atoms with Gasteiger partial charge in [0.2, 0.25) is 5.91 Å². The maximum atomic E-state index is 12.1. The van der Waals surface area contributed by atoms with Gasteiger partial charge in [-0.3, -0.25) is 4.79 Å². The molecule has 0 radical (unpaired) electrons. The lowest BCUT2D eigenvalue weighted by atomic mass is 10.1. The van der Waals surface area contributed by atoms with Gasteiger partial charge in [-0.05, 0) is 31.2 Å². The highest BCUT2D eigenvalue weighted by Gasteiger charge is 2.11. The zero-order chi connectivity index (χ0) is 16.9. The minimum absolute atomic E-state index is 0.135. The average Bonchev–Trinajstić information content (AvgIpc) is 3.05. The summed E-state index contributed by atoms with van der Waals surface area (Å²) in [7, 11) is 1.61. The number of hydrogen-bond acceptors (Lipinski definition) is 4. The molecule has 1 aromatic heterocycles. The lowest BCUT2D eigenvalue weighted by molar-refractivity contribution is -0.115. The fraction of sp³-hybridized carbons (Fsp3) is 0.158. The summed E-state index contributed by atoms with van der Waals surface area (Å²) in [6.07, 6.45) is 0.154. The van der Waals surface area contributed by atoms with Crippen LogP contribution in [0.4, 0.5) is 5.69 Å². The van der Waals surface area contributed by atoms with Gasteiger partial charge in [-0.2, -0.15) is 0 Å². The fourth-order valence-electron chi connectivity index (χ4n) is 2.31. The number of carbonyl (C=O) groups excluding carboxylic acids is 1. The number of carbonyl (C=O) groups is 1. The Hall–Kier alpha value is -3.08. The van der Waals surface area contributed by atoms with Gasteiger partial charge < -0.3 is 14.6 Å². The van der Waals surface area contributed by atoms with Gasteiger partial charge in [0.1, 0.15) is 5.75 Å². The van der Waals surface area contributed by atoms with E-state index in [9.17, 15) is 4.79 Å². The van der Waals surface area contributed by atoms with Gasteiger partial charge in [-0.25, -0.2) is 0 Å². The SMILES string of the molecule is COc1cccc(-c2cc(CC(=O)Nc3ccc(C)cc3)no2)c1. The molecule has 0 bridgehead atoms. The molecule has 0 spiro atoms. The van der Waals surface area contributed by atoms with Crippen molar-refractivity contribution >= 4 is 11.6 Å². The van der Waals surface area contributed by atoms with E-state index in [0.717, 1.165) is 22.6 Å². The van der Waals surface area contributed by atoms with Crippen LogP contribution >= 0.6 is 0 Å². The number of methoxy groups -OCH3 is 1. The highest BCUT2D eigenvalue weighted by atomic mass is 16.5. The summed E-state index contributed by atoms with van der Waals surface area (Å²) in [5.74, 6) is 1.21. The highest BCUT2D eigenvalue weighted by Crippen LogP contribution is 2.24. The van der Waals surface area contributed by atoms with Crippen LogP contribution in [0.2, 0.25) is 0 Å². The van der Waals surface area contributed by atoms with Crippen LogP contribution in [0.5, 0.6) is 5.75 Å². The normalized spacial score (nSPS) is 10.4. The minimum Gasteiger partial charge on any atom is -0.497 e. The molecule has 2 aromatic carbocycles. The van der Waals surface area contributed by atoms with Crippen LogP contribution in [0.1, 0.15) is 11.3 Å².